The highest BCUT2D eigenvalue weighted by Crippen LogP contribution is 2.30. The van der Waals surface area contributed by atoms with Crippen molar-refractivity contribution in [3.8, 4) is 22.6 Å². The number of likely N-dealkylation sites (tertiary alicyclic amines) is 1. The molecule has 0 aliphatic carbocycles. The minimum absolute atomic E-state index is 0.0975. The van der Waals surface area contributed by atoms with Crippen LogP contribution in [-0.2, 0) is 6.54 Å². The first kappa shape index (κ1) is 18.6. The summed E-state index contributed by atoms with van der Waals surface area (Å²) < 4.78 is 11.1. The van der Waals surface area contributed by atoms with Gasteiger partial charge in [0.2, 0.25) is 5.43 Å². The third kappa shape index (κ3) is 3.50. The van der Waals surface area contributed by atoms with Crippen LogP contribution < -0.4 is 10.2 Å². The average Bonchev–Trinajstić information content (AvgIpc) is 2.71. The summed E-state index contributed by atoms with van der Waals surface area (Å²) in [5, 5.41) is 10.9. The van der Waals surface area contributed by atoms with Gasteiger partial charge in [0.15, 0.2) is 0 Å². The Morgan fingerprint density at radius 1 is 1.21 bits per heavy atom. The van der Waals surface area contributed by atoms with Gasteiger partial charge in [0.25, 0.3) is 0 Å². The van der Waals surface area contributed by atoms with Crippen LogP contribution in [0, 0.1) is 5.92 Å². The summed E-state index contributed by atoms with van der Waals surface area (Å²) in [6, 6.07) is 10.6. The predicted molar refractivity (Wildman–Crippen MR) is 110 cm³/mol. The molecule has 0 saturated carbocycles. The fraction of sp³-hybridized carbons (Fsp3) is 0.348. The SMILES string of the molecule is COc1ccc(-c2coc3c(CN4CCC[C@H](C)C4)c(O)ccc3c2=O)cc1. The maximum Gasteiger partial charge on any atom is 0.200 e. The zero-order valence-electron chi connectivity index (χ0n) is 16.3. The molecule has 4 rings (SSSR count). The van der Waals surface area contributed by atoms with E-state index in [4.69, 9.17) is 9.15 Å². The van der Waals surface area contributed by atoms with Crippen LogP contribution in [0.25, 0.3) is 22.1 Å². The highest BCUT2D eigenvalue weighted by atomic mass is 16.5. The topological polar surface area (TPSA) is 62.9 Å². The van der Waals surface area contributed by atoms with Crippen molar-refractivity contribution < 1.29 is 14.3 Å². The van der Waals surface area contributed by atoms with Gasteiger partial charge in [0, 0.05) is 13.1 Å². The minimum atomic E-state index is -0.0975. The Hall–Kier alpha value is -2.79. The van der Waals surface area contributed by atoms with E-state index in [0.717, 1.165) is 30.8 Å². The van der Waals surface area contributed by atoms with E-state index in [1.807, 2.05) is 24.3 Å². The normalized spacial score (nSPS) is 17.7. The summed E-state index contributed by atoms with van der Waals surface area (Å²) in [4.78, 5) is 15.4. The lowest BCUT2D eigenvalue weighted by Crippen LogP contribution is -2.33. The van der Waals surface area contributed by atoms with Crippen LogP contribution in [0.3, 0.4) is 0 Å². The maximum absolute atomic E-state index is 13.1. The Labute approximate surface area is 164 Å². The number of methoxy groups -OCH3 is 1. The molecule has 0 unspecified atom stereocenters. The molecule has 1 atom stereocenters. The number of phenols is 1. The number of nitrogens with zero attached hydrogens (tertiary/aromatic N) is 1. The zero-order valence-corrected chi connectivity index (χ0v) is 16.3. The molecule has 1 aliphatic rings. The first-order chi connectivity index (χ1) is 13.6. The number of aromatic hydroxyl groups is 1. The van der Waals surface area contributed by atoms with Crippen LogP contribution >= 0.6 is 0 Å². The van der Waals surface area contributed by atoms with E-state index in [1.54, 1.807) is 19.2 Å². The molecule has 0 radical (unpaired) electrons. The smallest absolute Gasteiger partial charge is 0.200 e. The van der Waals surface area contributed by atoms with Crippen molar-refractivity contribution in [2.24, 2.45) is 5.92 Å². The number of benzene rings is 2. The first-order valence-electron chi connectivity index (χ1n) is 9.70. The Kier molecular flexibility index (Phi) is 5.09. The Balaban J connectivity index is 1.75. The quantitative estimate of drug-likeness (QED) is 0.728. The monoisotopic (exact) mass is 379 g/mol. The van der Waals surface area contributed by atoms with Gasteiger partial charge in [0.05, 0.1) is 23.6 Å². The van der Waals surface area contributed by atoms with Crippen LogP contribution in [0.2, 0.25) is 0 Å². The molecule has 5 heteroatoms. The van der Waals surface area contributed by atoms with Crippen molar-refractivity contribution in [1.82, 2.24) is 4.90 Å². The van der Waals surface area contributed by atoms with Gasteiger partial charge < -0.3 is 14.3 Å². The predicted octanol–water partition coefficient (Wildman–Crippen LogP) is 4.41. The second-order valence-electron chi connectivity index (χ2n) is 7.63. The summed E-state index contributed by atoms with van der Waals surface area (Å²) in [5.41, 5.74) is 2.33. The van der Waals surface area contributed by atoms with Crippen molar-refractivity contribution >= 4 is 11.0 Å². The fourth-order valence-electron chi connectivity index (χ4n) is 4.02. The highest BCUT2D eigenvalue weighted by Gasteiger charge is 2.21. The number of piperidine rings is 1. The molecular formula is C23H25NO4. The standard InChI is InChI=1S/C23H25NO4/c1-15-4-3-11-24(12-15)13-19-21(25)10-9-18-22(26)20(14-28-23(18)19)16-5-7-17(27-2)8-6-16/h5-10,14-15,25H,3-4,11-13H2,1-2H3/t15-/m0/s1. The number of fused-ring (bicyclic) bond motifs is 1. The molecule has 1 aromatic heterocycles. The summed E-state index contributed by atoms with van der Waals surface area (Å²) in [6.45, 7) is 4.81. The lowest BCUT2D eigenvalue weighted by molar-refractivity contribution is 0.175. The highest BCUT2D eigenvalue weighted by molar-refractivity contribution is 5.85. The van der Waals surface area contributed by atoms with Crippen LogP contribution in [-0.4, -0.2) is 30.2 Å². The van der Waals surface area contributed by atoms with E-state index in [0.29, 0.717) is 34.6 Å². The summed E-state index contributed by atoms with van der Waals surface area (Å²) in [7, 11) is 1.61. The van der Waals surface area contributed by atoms with E-state index in [2.05, 4.69) is 11.8 Å². The third-order valence-corrected chi connectivity index (χ3v) is 5.54. The fourth-order valence-corrected chi connectivity index (χ4v) is 4.02. The van der Waals surface area contributed by atoms with E-state index >= 15 is 0 Å². The van der Waals surface area contributed by atoms with E-state index in [-0.39, 0.29) is 11.2 Å². The van der Waals surface area contributed by atoms with Crippen LogP contribution in [0.5, 0.6) is 11.5 Å². The third-order valence-electron chi connectivity index (χ3n) is 5.54. The Morgan fingerprint density at radius 3 is 2.71 bits per heavy atom. The first-order valence-corrected chi connectivity index (χ1v) is 9.70. The molecule has 0 spiro atoms. The molecular weight excluding hydrogens is 354 g/mol. The van der Waals surface area contributed by atoms with Crippen molar-refractivity contribution in [2.45, 2.75) is 26.3 Å². The molecule has 1 fully saturated rings. The van der Waals surface area contributed by atoms with E-state index in [1.165, 1.54) is 12.7 Å². The molecule has 5 nitrogen and oxygen atoms in total. The number of rotatable bonds is 4. The molecule has 0 amide bonds. The van der Waals surface area contributed by atoms with Crippen molar-refractivity contribution in [2.75, 3.05) is 20.2 Å². The van der Waals surface area contributed by atoms with Crippen molar-refractivity contribution in [1.29, 1.82) is 0 Å². The molecule has 3 aromatic rings. The van der Waals surface area contributed by atoms with Gasteiger partial charge in [-0.1, -0.05) is 19.1 Å². The molecule has 1 aliphatic heterocycles. The number of phenolic OH excluding ortho intramolecular Hbond substituents is 1. The second kappa shape index (κ2) is 7.68. The van der Waals surface area contributed by atoms with Gasteiger partial charge in [-0.25, -0.2) is 0 Å². The molecule has 1 N–H and O–H groups in total. The maximum atomic E-state index is 13.1. The lowest BCUT2D eigenvalue weighted by Gasteiger charge is -2.31. The molecule has 0 bridgehead atoms. The van der Waals surface area contributed by atoms with Crippen molar-refractivity contribution in [3.63, 3.8) is 0 Å². The van der Waals surface area contributed by atoms with Gasteiger partial charge in [-0.3, -0.25) is 9.69 Å². The molecule has 2 heterocycles. The Bertz CT molecular complexity index is 1040. The van der Waals surface area contributed by atoms with Gasteiger partial charge >= 0.3 is 0 Å². The lowest BCUT2D eigenvalue weighted by atomic mass is 9.99. The van der Waals surface area contributed by atoms with E-state index in [9.17, 15) is 9.90 Å². The summed E-state index contributed by atoms with van der Waals surface area (Å²) >= 11 is 0. The molecule has 1 saturated heterocycles. The summed E-state index contributed by atoms with van der Waals surface area (Å²) in [6.07, 6.45) is 3.88. The van der Waals surface area contributed by atoms with Crippen LogP contribution in [0.1, 0.15) is 25.3 Å². The van der Waals surface area contributed by atoms with Crippen molar-refractivity contribution in [3.05, 3.63) is 58.4 Å². The molecule has 146 valence electrons. The molecule has 2 aromatic carbocycles. The minimum Gasteiger partial charge on any atom is -0.507 e. The van der Waals surface area contributed by atoms with Crippen LogP contribution in [0.15, 0.2) is 51.9 Å². The van der Waals surface area contributed by atoms with Gasteiger partial charge in [0.1, 0.15) is 23.3 Å². The van der Waals surface area contributed by atoms with Crippen LogP contribution in [0.4, 0.5) is 0 Å². The number of ether oxygens (including phenoxy) is 1. The number of hydrogen-bond acceptors (Lipinski definition) is 5. The zero-order chi connectivity index (χ0) is 19.7. The Morgan fingerprint density at radius 2 is 2.00 bits per heavy atom. The summed E-state index contributed by atoms with van der Waals surface area (Å²) in [5.74, 6) is 1.54. The van der Waals surface area contributed by atoms with Gasteiger partial charge in [-0.15, -0.1) is 0 Å². The molecule has 28 heavy (non-hydrogen) atoms. The van der Waals surface area contributed by atoms with Gasteiger partial charge in [-0.05, 0) is 55.1 Å². The van der Waals surface area contributed by atoms with Gasteiger partial charge in [-0.2, -0.15) is 0 Å². The average molecular weight is 379 g/mol. The van der Waals surface area contributed by atoms with E-state index < -0.39 is 0 Å². The largest absolute Gasteiger partial charge is 0.507 e. The second-order valence-corrected chi connectivity index (χ2v) is 7.63. The number of hydrogen-bond donors (Lipinski definition) is 1.